The zero-order valence-electron chi connectivity index (χ0n) is 28.6. The highest BCUT2D eigenvalue weighted by Crippen LogP contribution is 2.38. The van der Waals surface area contributed by atoms with Crippen LogP contribution >= 0.6 is 11.6 Å². The molecule has 0 unspecified atom stereocenters. The molecule has 2 saturated heterocycles. The molecular weight excluding hydrogens is 664 g/mol. The van der Waals surface area contributed by atoms with Crippen LogP contribution in [0.5, 0.6) is 0 Å². The van der Waals surface area contributed by atoms with E-state index in [2.05, 4.69) is 58.2 Å². The number of aliphatic carboxylic acids is 1. The molecule has 0 saturated carbocycles. The van der Waals surface area contributed by atoms with Crippen molar-refractivity contribution in [3.8, 4) is 22.6 Å². The quantitative estimate of drug-likeness (QED) is 0.139. The van der Waals surface area contributed by atoms with Crippen molar-refractivity contribution in [2.75, 3.05) is 31.5 Å². The molecule has 2 atom stereocenters. The lowest BCUT2D eigenvalue weighted by molar-refractivity contribution is -0.141. The molecule has 3 aromatic heterocycles. The number of halogens is 1. The van der Waals surface area contributed by atoms with E-state index in [4.69, 9.17) is 26.0 Å². The zero-order chi connectivity index (χ0) is 35.2. The number of β-amino-alcohol motifs (C(OH)–C–C–N with tert-alkyl or cyclic N) is 1. The Balaban J connectivity index is 1.05. The van der Waals surface area contributed by atoms with Crippen LogP contribution in [0.25, 0.3) is 44.6 Å². The molecule has 2 aliphatic rings. The SMILES string of the molecule is Cc1c(Nc2nccc3cc(CN4CC[C@H](O)C4)cnc23)cccc1-c1cccc(-c2nc3cc(CN4CC[C@H](C(=O)O)C4)cc(Cl)c3o2)c1C. The first-order valence-electron chi connectivity index (χ1n) is 17.4. The number of nitrogens with one attached hydrogen (secondary N) is 1. The van der Waals surface area contributed by atoms with Gasteiger partial charge >= 0.3 is 5.97 Å². The van der Waals surface area contributed by atoms with Gasteiger partial charge in [-0.1, -0.05) is 35.9 Å². The van der Waals surface area contributed by atoms with Crippen LogP contribution in [-0.2, 0) is 17.9 Å². The van der Waals surface area contributed by atoms with E-state index in [0.29, 0.717) is 53.9 Å². The lowest BCUT2D eigenvalue weighted by atomic mass is 9.93. The van der Waals surface area contributed by atoms with Crippen LogP contribution in [0, 0.1) is 19.8 Å². The molecule has 8 rings (SSSR count). The van der Waals surface area contributed by atoms with Crippen LogP contribution in [0.1, 0.15) is 35.1 Å². The monoisotopic (exact) mass is 702 g/mol. The number of rotatable bonds is 9. The summed E-state index contributed by atoms with van der Waals surface area (Å²) in [4.78, 5) is 30.2. The van der Waals surface area contributed by atoms with Crippen LogP contribution in [0.2, 0.25) is 5.02 Å². The number of pyridine rings is 2. The number of oxazole rings is 1. The van der Waals surface area contributed by atoms with Gasteiger partial charge in [0.1, 0.15) is 11.0 Å². The summed E-state index contributed by atoms with van der Waals surface area (Å²) in [6.45, 7) is 8.40. The van der Waals surface area contributed by atoms with E-state index in [-0.39, 0.29) is 12.0 Å². The number of anilines is 2. The summed E-state index contributed by atoms with van der Waals surface area (Å²) in [6.07, 6.45) is 4.92. The number of carboxylic acids is 1. The van der Waals surface area contributed by atoms with E-state index < -0.39 is 5.97 Å². The molecule has 0 radical (unpaired) electrons. The predicted molar refractivity (Wildman–Crippen MR) is 199 cm³/mol. The van der Waals surface area contributed by atoms with Gasteiger partial charge in [0, 0.05) is 61.8 Å². The summed E-state index contributed by atoms with van der Waals surface area (Å²) in [5.74, 6) is 0.109. The number of aromatic nitrogens is 3. The molecule has 0 amide bonds. The van der Waals surface area contributed by atoms with E-state index in [0.717, 1.165) is 81.6 Å². The highest BCUT2D eigenvalue weighted by atomic mass is 35.5. The topological polar surface area (TPSA) is 128 Å². The van der Waals surface area contributed by atoms with E-state index in [1.54, 1.807) is 6.20 Å². The summed E-state index contributed by atoms with van der Waals surface area (Å²) in [5.41, 5.74) is 10.1. The van der Waals surface area contributed by atoms with Crippen LogP contribution in [0.4, 0.5) is 11.5 Å². The van der Waals surface area contributed by atoms with Gasteiger partial charge in [0.2, 0.25) is 5.89 Å². The fourth-order valence-corrected chi connectivity index (χ4v) is 7.81. The molecule has 3 aromatic carbocycles. The Morgan fingerprint density at radius 2 is 1.67 bits per heavy atom. The van der Waals surface area contributed by atoms with Gasteiger partial charge in [-0.3, -0.25) is 19.6 Å². The molecule has 0 aliphatic carbocycles. The molecule has 0 spiro atoms. The van der Waals surface area contributed by atoms with Crippen LogP contribution in [0.15, 0.2) is 77.5 Å². The largest absolute Gasteiger partial charge is 0.481 e. The molecule has 11 heteroatoms. The van der Waals surface area contributed by atoms with Crippen molar-refractivity contribution in [1.82, 2.24) is 24.8 Å². The first-order valence-corrected chi connectivity index (χ1v) is 17.7. The van der Waals surface area contributed by atoms with E-state index in [1.165, 1.54) is 0 Å². The number of carbonyl (C=O) groups is 1. The highest BCUT2D eigenvalue weighted by Gasteiger charge is 2.28. The number of carboxylic acid groups (broad SMARTS) is 1. The maximum absolute atomic E-state index is 11.4. The first kappa shape index (κ1) is 33.3. The number of hydrogen-bond acceptors (Lipinski definition) is 9. The molecule has 260 valence electrons. The van der Waals surface area contributed by atoms with Crippen molar-refractivity contribution in [1.29, 1.82) is 0 Å². The van der Waals surface area contributed by atoms with Crippen molar-refractivity contribution in [2.24, 2.45) is 5.92 Å². The number of likely N-dealkylation sites (tertiary alicyclic amines) is 2. The van der Waals surface area contributed by atoms with E-state index in [9.17, 15) is 15.0 Å². The second-order valence-corrected chi connectivity index (χ2v) is 14.2. The van der Waals surface area contributed by atoms with Crippen molar-refractivity contribution in [3.05, 3.63) is 100 Å². The second kappa shape index (κ2) is 13.7. The van der Waals surface area contributed by atoms with Gasteiger partial charge in [0.25, 0.3) is 0 Å². The number of nitrogens with zero attached hydrogens (tertiary/aromatic N) is 5. The van der Waals surface area contributed by atoms with Crippen molar-refractivity contribution < 1.29 is 19.4 Å². The van der Waals surface area contributed by atoms with E-state index in [1.807, 2.05) is 42.6 Å². The van der Waals surface area contributed by atoms with Gasteiger partial charge in [-0.25, -0.2) is 9.97 Å². The fraction of sp³-hybridized carbons (Fsp3) is 0.300. The Bertz CT molecular complexity index is 2290. The average molecular weight is 703 g/mol. The van der Waals surface area contributed by atoms with Gasteiger partial charge < -0.3 is 19.9 Å². The summed E-state index contributed by atoms with van der Waals surface area (Å²) in [5, 5.41) is 24.4. The minimum absolute atomic E-state index is 0.248. The number of fused-ring (bicyclic) bond motifs is 2. The average Bonchev–Trinajstić information content (AvgIpc) is 3.86. The summed E-state index contributed by atoms with van der Waals surface area (Å²) < 4.78 is 6.28. The third kappa shape index (κ3) is 6.68. The molecule has 2 fully saturated rings. The minimum Gasteiger partial charge on any atom is -0.481 e. The Hall–Kier alpha value is -4.87. The zero-order valence-corrected chi connectivity index (χ0v) is 29.3. The van der Waals surface area contributed by atoms with Gasteiger partial charge in [-0.2, -0.15) is 0 Å². The fourth-order valence-electron chi connectivity index (χ4n) is 7.54. The Labute approximate surface area is 300 Å². The molecular formula is C40H39ClN6O4. The third-order valence-electron chi connectivity index (χ3n) is 10.3. The molecule has 2 aliphatic heterocycles. The molecule has 6 aromatic rings. The second-order valence-electron chi connectivity index (χ2n) is 13.8. The normalized spacial score (nSPS) is 18.3. The lowest BCUT2D eigenvalue weighted by Gasteiger charge is -2.17. The smallest absolute Gasteiger partial charge is 0.307 e. The molecule has 10 nitrogen and oxygen atoms in total. The Morgan fingerprint density at radius 3 is 2.45 bits per heavy atom. The van der Waals surface area contributed by atoms with Gasteiger partial charge in [-0.15, -0.1) is 0 Å². The van der Waals surface area contributed by atoms with Crippen LogP contribution in [-0.4, -0.2) is 73.2 Å². The summed E-state index contributed by atoms with van der Waals surface area (Å²) >= 11 is 6.71. The highest BCUT2D eigenvalue weighted by molar-refractivity contribution is 6.34. The van der Waals surface area contributed by atoms with Gasteiger partial charge in [0.15, 0.2) is 11.4 Å². The number of hydrogen-bond donors (Lipinski definition) is 3. The van der Waals surface area contributed by atoms with Crippen molar-refractivity contribution >= 4 is 51.1 Å². The predicted octanol–water partition coefficient (Wildman–Crippen LogP) is 7.59. The van der Waals surface area contributed by atoms with Crippen LogP contribution < -0.4 is 5.32 Å². The number of aliphatic hydroxyl groups is 1. The number of aliphatic hydroxyl groups excluding tert-OH is 1. The number of benzene rings is 3. The molecule has 0 bridgehead atoms. The Kier molecular flexibility index (Phi) is 8.93. The molecule has 3 N–H and O–H groups in total. The standard InChI is InChI=1S/C40H39ClN6O4/c1-23-30(5-3-7-32(23)39-45-35-17-25(16-33(41)37(35)51-39)19-46-13-10-28(21-46)40(49)50)31-6-4-8-34(24(31)2)44-38-36-27(9-12-42-38)15-26(18-43-36)20-47-14-11-29(48)22-47/h3-9,12,15-18,28-29,48H,10-11,13-14,19-22H2,1-2H3,(H,42,44)(H,49,50)/t28-,29-/m0/s1. The Morgan fingerprint density at radius 1 is 0.922 bits per heavy atom. The summed E-state index contributed by atoms with van der Waals surface area (Å²) in [6, 6.07) is 20.4. The van der Waals surface area contributed by atoms with Crippen molar-refractivity contribution in [2.45, 2.75) is 45.9 Å². The maximum Gasteiger partial charge on any atom is 0.307 e. The maximum atomic E-state index is 11.4. The van der Waals surface area contributed by atoms with Gasteiger partial charge in [-0.05, 0) is 103 Å². The summed E-state index contributed by atoms with van der Waals surface area (Å²) in [7, 11) is 0. The van der Waals surface area contributed by atoms with Gasteiger partial charge in [0.05, 0.1) is 17.0 Å². The molecule has 51 heavy (non-hydrogen) atoms. The third-order valence-corrected chi connectivity index (χ3v) is 10.6. The minimum atomic E-state index is -0.743. The lowest BCUT2D eigenvalue weighted by Crippen LogP contribution is -2.22. The van der Waals surface area contributed by atoms with Crippen molar-refractivity contribution in [3.63, 3.8) is 0 Å². The molecule has 5 heterocycles. The van der Waals surface area contributed by atoms with Crippen LogP contribution in [0.3, 0.4) is 0 Å². The first-order chi connectivity index (χ1) is 24.7. The van der Waals surface area contributed by atoms with E-state index >= 15 is 0 Å².